The van der Waals surface area contributed by atoms with Gasteiger partial charge in [0.15, 0.2) is 23.0 Å². The van der Waals surface area contributed by atoms with Crippen LogP contribution in [0.15, 0.2) is 77.6 Å². The number of hydrogen-bond acceptors (Lipinski definition) is 15. The first-order valence-electron chi connectivity index (χ1n) is 28.5. The molecule has 3 aromatic carbocycles. The van der Waals surface area contributed by atoms with Gasteiger partial charge in [-0.05, 0) is 93.7 Å². The number of hydrogen-bond donors (Lipinski definition) is 6. The average molecular weight is 1170 g/mol. The van der Waals surface area contributed by atoms with Gasteiger partial charge in [0.2, 0.25) is 29.5 Å². The molecule has 4 heterocycles. The number of aliphatic hydroxyl groups is 1. The number of carbonyl (C=O) groups excluding carboxylic acids is 10. The van der Waals surface area contributed by atoms with E-state index in [1.54, 1.807) is 101 Å². The van der Waals surface area contributed by atoms with Gasteiger partial charge in [-0.1, -0.05) is 67.6 Å². The van der Waals surface area contributed by atoms with Crippen LogP contribution in [-0.2, 0) is 95.4 Å². The molecule has 0 saturated carbocycles. The van der Waals surface area contributed by atoms with E-state index in [1.807, 2.05) is 0 Å². The minimum Gasteiger partial charge on any atom is -0.460 e. The summed E-state index contributed by atoms with van der Waals surface area (Å²) < 4.78 is 27.4. The molecule has 0 unspecified atom stereocenters. The second-order valence-electron chi connectivity index (χ2n) is 22.8. The Balaban J connectivity index is 0.843. The zero-order chi connectivity index (χ0) is 61.3. The second-order valence-corrected chi connectivity index (χ2v) is 22.8. The molecule has 3 aliphatic rings. The topological polar surface area (TPSA) is 304 Å². The third-order valence-electron chi connectivity index (χ3n) is 15.5. The first-order chi connectivity index (χ1) is 40.4. The summed E-state index contributed by atoms with van der Waals surface area (Å²) in [7, 11) is 0. The van der Waals surface area contributed by atoms with Crippen LogP contribution in [0.4, 0.5) is 4.39 Å². The standard InChI is InChI=1S/C63H70FN7O14/c1-6-63(83)46-27-50-57-44(33-71(50)60(81)45(46)34-84-61(63)82)56-48(19-18-43-35(2)47(64)28-49(70-57)55(43)56)69-53(77)32-68-59(80)39(24-37-15-11-8-12-16-37)26-42(74)30-65-51(75)20-17-40(72)29-67-58(79)38(23-36-13-9-7-10-14-36)25-41(73)31-66-52(76)21-22-54(78)85-62(3,4)5/h7-16,27-28,38-39,48,83H,6,17-26,29-34H2,1-5H3,(H,65,75)(H,66,76)(H,67,79)(H,68,80)(H,69,77)/t38-,39-,48+,63+/m1/s1. The van der Waals surface area contributed by atoms with Crippen LogP contribution < -0.4 is 32.1 Å². The van der Waals surface area contributed by atoms with Gasteiger partial charge in [-0.25, -0.2) is 14.2 Å². The van der Waals surface area contributed by atoms with Crippen molar-refractivity contribution in [1.82, 2.24) is 36.1 Å². The van der Waals surface area contributed by atoms with Crippen molar-refractivity contribution in [3.8, 4) is 11.4 Å². The Morgan fingerprint density at radius 1 is 0.741 bits per heavy atom. The van der Waals surface area contributed by atoms with Crippen molar-refractivity contribution in [3.63, 3.8) is 0 Å². The van der Waals surface area contributed by atoms with Crippen LogP contribution in [0.1, 0.15) is 130 Å². The number of amides is 5. The summed E-state index contributed by atoms with van der Waals surface area (Å²) in [5, 5.41) is 25.3. The van der Waals surface area contributed by atoms with E-state index >= 15 is 4.39 Å². The number of nitrogens with one attached hydrogen (secondary N) is 5. The Bertz CT molecular complexity index is 3540. The summed E-state index contributed by atoms with van der Waals surface area (Å²) in [5.74, 6) is -8.22. The predicted octanol–water partition coefficient (Wildman–Crippen LogP) is 4.20. The highest BCUT2D eigenvalue weighted by atomic mass is 19.1. The minimum absolute atomic E-state index is 0.0249. The van der Waals surface area contributed by atoms with Crippen LogP contribution in [0.3, 0.4) is 0 Å². The molecule has 8 rings (SSSR count). The lowest BCUT2D eigenvalue weighted by Gasteiger charge is -2.31. The maximum Gasteiger partial charge on any atom is 0.343 e. The number of pyridine rings is 2. The molecule has 0 spiro atoms. The second kappa shape index (κ2) is 26.8. The number of carbonyl (C=O) groups is 10. The van der Waals surface area contributed by atoms with E-state index in [1.165, 1.54) is 10.6 Å². The number of Topliss-reactive ketones (excluding diaryl/α,β-unsaturated/α-hetero) is 3. The van der Waals surface area contributed by atoms with E-state index in [4.69, 9.17) is 14.5 Å². The number of rotatable bonds is 26. The molecule has 0 saturated heterocycles. The highest BCUT2D eigenvalue weighted by Gasteiger charge is 2.46. The average Bonchev–Trinajstić information content (AvgIpc) is 1.83. The van der Waals surface area contributed by atoms with Crippen molar-refractivity contribution in [2.75, 3.05) is 26.2 Å². The first kappa shape index (κ1) is 62.3. The number of benzene rings is 3. The summed E-state index contributed by atoms with van der Waals surface area (Å²) in [5.41, 5.74) is 1.71. The fraction of sp³-hybridized carbons (Fsp3) is 0.429. The van der Waals surface area contributed by atoms with Gasteiger partial charge in [0.25, 0.3) is 5.56 Å². The molecule has 5 amide bonds. The van der Waals surface area contributed by atoms with E-state index in [0.717, 1.165) is 11.1 Å². The quantitative estimate of drug-likeness (QED) is 0.0415. The highest BCUT2D eigenvalue weighted by molar-refractivity contribution is 5.96. The monoisotopic (exact) mass is 1170 g/mol. The lowest BCUT2D eigenvalue weighted by atomic mass is 9.81. The summed E-state index contributed by atoms with van der Waals surface area (Å²) in [4.78, 5) is 150. The highest BCUT2D eigenvalue weighted by Crippen LogP contribution is 2.46. The Morgan fingerprint density at radius 3 is 1.88 bits per heavy atom. The molecule has 6 N–H and O–H groups in total. The zero-order valence-corrected chi connectivity index (χ0v) is 48.2. The third-order valence-corrected chi connectivity index (χ3v) is 15.5. The van der Waals surface area contributed by atoms with Gasteiger partial charge in [0.05, 0.1) is 67.7 Å². The van der Waals surface area contributed by atoms with Crippen molar-refractivity contribution in [2.45, 2.75) is 136 Å². The molecule has 22 heteroatoms. The Kier molecular flexibility index (Phi) is 19.7. The van der Waals surface area contributed by atoms with Gasteiger partial charge in [-0.3, -0.25) is 47.9 Å². The molecule has 448 valence electrons. The number of ether oxygens (including phenoxy) is 2. The van der Waals surface area contributed by atoms with E-state index in [0.29, 0.717) is 51.9 Å². The van der Waals surface area contributed by atoms with E-state index < -0.39 is 119 Å². The number of cyclic esters (lactones) is 1. The van der Waals surface area contributed by atoms with Crippen molar-refractivity contribution >= 4 is 69.7 Å². The lowest BCUT2D eigenvalue weighted by molar-refractivity contribution is -0.172. The van der Waals surface area contributed by atoms with Crippen molar-refractivity contribution < 1.29 is 66.9 Å². The number of aromatic nitrogens is 2. The number of halogens is 1. The molecule has 85 heavy (non-hydrogen) atoms. The molecule has 1 aliphatic carbocycles. The Hall–Kier alpha value is -8.79. The van der Waals surface area contributed by atoms with Crippen LogP contribution in [0.2, 0.25) is 0 Å². The van der Waals surface area contributed by atoms with Gasteiger partial charge >= 0.3 is 11.9 Å². The fourth-order valence-corrected chi connectivity index (χ4v) is 11.1. The maximum atomic E-state index is 15.5. The maximum absolute atomic E-state index is 15.5. The normalized spacial score (nSPS) is 16.3. The Labute approximate surface area is 489 Å². The van der Waals surface area contributed by atoms with Gasteiger partial charge in [0.1, 0.15) is 18.0 Å². The van der Waals surface area contributed by atoms with E-state index in [-0.39, 0.29) is 94.1 Å². The van der Waals surface area contributed by atoms with Crippen LogP contribution >= 0.6 is 0 Å². The molecule has 0 radical (unpaired) electrons. The Morgan fingerprint density at radius 2 is 1.31 bits per heavy atom. The van der Waals surface area contributed by atoms with Crippen LogP contribution in [0.25, 0.3) is 22.3 Å². The lowest BCUT2D eigenvalue weighted by Crippen LogP contribution is -2.44. The molecule has 4 atom stereocenters. The number of ketones is 3. The van der Waals surface area contributed by atoms with Crippen molar-refractivity contribution in [3.05, 3.63) is 133 Å². The molecule has 21 nitrogen and oxygen atoms in total. The molecule has 5 aromatic rings. The summed E-state index contributed by atoms with van der Waals surface area (Å²) >= 11 is 0. The smallest absolute Gasteiger partial charge is 0.343 e. The molecule has 0 bridgehead atoms. The molecule has 2 aromatic heterocycles. The van der Waals surface area contributed by atoms with Crippen molar-refractivity contribution in [1.29, 1.82) is 0 Å². The minimum atomic E-state index is -2.07. The summed E-state index contributed by atoms with van der Waals surface area (Å²) in [6.07, 6.45) is -0.679. The fourth-order valence-electron chi connectivity index (χ4n) is 11.1. The summed E-state index contributed by atoms with van der Waals surface area (Å²) in [6, 6.07) is 20.0. The van der Waals surface area contributed by atoms with Crippen LogP contribution in [-0.4, -0.2) is 105 Å². The number of fused-ring (bicyclic) bond motifs is 5. The van der Waals surface area contributed by atoms with Gasteiger partial charge in [-0.15, -0.1) is 0 Å². The molecular weight excluding hydrogens is 1100 g/mol. The number of esters is 2. The van der Waals surface area contributed by atoms with Crippen molar-refractivity contribution in [2.24, 2.45) is 11.8 Å². The first-order valence-corrected chi connectivity index (χ1v) is 28.5. The SMILES string of the molecule is CC[C@@]1(O)C(=O)OCc2c1cc1n(c2=O)Cc2c-1nc1cc(F)c(C)c3c1c2[C@@H](NC(=O)CNC(=O)[C@@H](CC(=O)CNC(=O)CCC(=O)CNC(=O)[C@@H](CC(=O)CNC(=O)CCC(=O)OC(C)(C)C)Cc1ccccc1)Cc1ccccc1)CC3. The van der Waals surface area contributed by atoms with Crippen LogP contribution in [0, 0.1) is 24.6 Å². The van der Waals surface area contributed by atoms with Crippen LogP contribution in [0.5, 0.6) is 0 Å². The summed E-state index contributed by atoms with van der Waals surface area (Å²) in [6.45, 7) is 6.27. The zero-order valence-electron chi connectivity index (χ0n) is 48.2. The largest absolute Gasteiger partial charge is 0.460 e. The van der Waals surface area contributed by atoms with Gasteiger partial charge in [-0.2, -0.15) is 0 Å². The molecule has 2 aliphatic heterocycles. The number of nitrogens with zero attached hydrogens (tertiary/aromatic N) is 2. The van der Waals surface area contributed by atoms with E-state index in [9.17, 15) is 57.8 Å². The predicted molar refractivity (Wildman–Crippen MR) is 306 cm³/mol. The third kappa shape index (κ3) is 15.1. The van der Waals surface area contributed by atoms with Gasteiger partial charge < -0.3 is 45.7 Å². The number of aryl methyl sites for hydroxylation is 1. The molecular formula is C63H70FN7O14. The van der Waals surface area contributed by atoms with E-state index in [2.05, 4.69) is 26.6 Å². The van der Waals surface area contributed by atoms with Gasteiger partial charge in [0, 0.05) is 66.5 Å². The molecule has 0 fully saturated rings.